The molecule has 2 heteroatoms. The molecule has 0 fully saturated rings. The molecule has 0 saturated carbocycles. The van der Waals surface area contributed by atoms with Crippen LogP contribution in [-0.4, -0.2) is 0 Å². The quantitative estimate of drug-likeness (QED) is 0.256. The van der Waals surface area contributed by atoms with Crippen LogP contribution < -0.4 is 10.6 Å². The molecule has 166 valence electrons. The number of rotatable bonds is 3. The monoisotopic (exact) mass is 466 g/mol. The molecular formula is C33H23OP. The standard InChI is InChI=1S/C33H23OP/c34-35(26-18-8-3-9-19-26)30-23-13-11-21-28(30)31-32(35)27-20-10-12-22-29(27)33(31,24-14-4-1-5-15-24)25-16-6-2-7-17-25/h1-23H. The second kappa shape index (κ2) is 7.54. The van der Waals surface area contributed by atoms with E-state index in [0.29, 0.717) is 0 Å². The fourth-order valence-corrected chi connectivity index (χ4v) is 9.58. The van der Waals surface area contributed by atoms with Crippen LogP contribution in [0.3, 0.4) is 0 Å². The summed E-state index contributed by atoms with van der Waals surface area (Å²) in [5.41, 5.74) is 6.40. The van der Waals surface area contributed by atoms with Crippen LogP contribution in [0, 0.1) is 0 Å². The van der Waals surface area contributed by atoms with E-state index in [4.69, 9.17) is 0 Å². The zero-order valence-electron chi connectivity index (χ0n) is 19.1. The second-order valence-corrected chi connectivity index (χ2v) is 11.9. The van der Waals surface area contributed by atoms with Crippen LogP contribution in [0.25, 0.3) is 10.9 Å². The smallest absolute Gasteiger partial charge is 0.172 e. The number of hydrogen-bond acceptors (Lipinski definition) is 1. The molecule has 1 aliphatic carbocycles. The van der Waals surface area contributed by atoms with E-state index in [1.54, 1.807) is 0 Å². The van der Waals surface area contributed by atoms with Crippen molar-refractivity contribution in [1.29, 1.82) is 0 Å². The van der Waals surface area contributed by atoms with Gasteiger partial charge in [-0.15, -0.1) is 0 Å². The molecule has 35 heavy (non-hydrogen) atoms. The Labute approximate surface area is 205 Å². The summed E-state index contributed by atoms with van der Waals surface area (Å²) in [7, 11) is -3.09. The average Bonchev–Trinajstić information content (AvgIpc) is 3.40. The molecule has 0 N–H and O–H groups in total. The normalized spacial score (nSPS) is 19.2. The Balaban J connectivity index is 1.71. The molecule has 0 amide bonds. The van der Waals surface area contributed by atoms with E-state index < -0.39 is 12.6 Å². The zero-order chi connectivity index (χ0) is 23.5. The SMILES string of the molecule is O=P1(c2ccccc2)C2=C(c3ccccc31)C(c1ccccc1)(c1ccccc1)c1ccccc12. The molecule has 0 radical (unpaired) electrons. The minimum atomic E-state index is -3.09. The number of hydrogen-bond donors (Lipinski definition) is 0. The fourth-order valence-electron chi connectivity index (χ4n) is 6.25. The Bertz CT molecular complexity index is 1610. The van der Waals surface area contributed by atoms with Gasteiger partial charge in [-0.1, -0.05) is 140 Å². The van der Waals surface area contributed by atoms with Crippen LogP contribution in [0.4, 0.5) is 0 Å². The van der Waals surface area contributed by atoms with Gasteiger partial charge in [0.15, 0.2) is 7.14 Å². The summed E-state index contributed by atoms with van der Waals surface area (Å²) in [5, 5.41) is 2.83. The van der Waals surface area contributed by atoms with E-state index in [1.165, 1.54) is 22.3 Å². The Morgan fingerprint density at radius 1 is 0.486 bits per heavy atom. The Morgan fingerprint density at radius 2 is 0.971 bits per heavy atom. The van der Waals surface area contributed by atoms with Crippen molar-refractivity contribution in [1.82, 2.24) is 0 Å². The number of allylic oxidation sites excluding steroid dienone is 1. The van der Waals surface area contributed by atoms with E-state index in [0.717, 1.165) is 27.1 Å². The first kappa shape index (κ1) is 20.4. The topological polar surface area (TPSA) is 17.1 Å². The molecule has 1 unspecified atom stereocenters. The third-order valence-corrected chi connectivity index (χ3v) is 10.7. The molecule has 0 aromatic heterocycles. The van der Waals surface area contributed by atoms with Gasteiger partial charge in [0.25, 0.3) is 0 Å². The Kier molecular flexibility index (Phi) is 4.40. The molecular weight excluding hydrogens is 443 g/mol. The molecule has 0 spiro atoms. The predicted molar refractivity (Wildman–Crippen MR) is 146 cm³/mol. The van der Waals surface area contributed by atoms with Crippen LogP contribution in [0.1, 0.15) is 27.8 Å². The van der Waals surface area contributed by atoms with Crippen LogP contribution in [0.15, 0.2) is 140 Å². The molecule has 0 bridgehead atoms. The van der Waals surface area contributed by atoms with Crippen molar-refractivity contribution in [3.8, 4) is 0 Å². The van der Waals surface area contributed by atoms with Crippen molar-refractivity contribution in [2.24, 2.45) is 0 Å². The fraction of sp³-hybridized carbons (Fsp3) is 0.0303. The van der Waals surface area contributed by atoms with Crippen molar-refractivity contribution >= 4 is 28.6 Å². The molecule has 1 aliphatic heterocycles. The highest BCUT2D eigenvalue weighted by atomic mass is 31.2. The van der Waals surface area contributed by atoms with E-state index in [-0.39, 0.29) is 0 Å². The molecule has 2 aliphatic rings. The number of benzene rings is 5. The lowest BCUT2D eigenvalue weighted by atomic mass is 9.65. The third-order valence-electron chi connectivity index (χ3n) is 7.56. The van der Waals surface area contributed by atoms with Gasteiger partial charge in [-0.3, -0.25) is 0 Å². The summed E-state index contributed by atoms with van der Waals surface area (Å²) in [6.45, 7) is 0. The summed E-state index contributed by atoms with van der Waals surface area (Å²) in [6, 6.07) is 48.4. The summed E-state index contributed by atoms with van der Waals surface area (Å²) < 4.78 is 15.5. The Morgan fingerprint density at radius 3 is 1.60 bits per heavy atom. The first-order valence-electron chi connectivity index (χ1n) is 12.0. The highest BCUT2D eigenvalue weighted by molar-refractivity contribution is 7.88. The minimum Gasteiger partial charge on any atom is -0.309 e. The van der Waals surface area contributed by atoms with Gasteiger partial charge in [0, 0.05) is 15.9 Å². The van der Waals surface area contributed by atoms with Crippen molar-refractivity contribution in [3.63, 3.8) is 0 Å². The van der Waals surface area contributed by atoms with Gasteiger partial charge < -0.3 is 4.57 Å². The van der Waals surface area contributed by atoms with Crippen LogP contribution in [-0.2, 0) is 9.98 Å². The average molecular weight is 467 g/mol. The molecule has 1 heterocycles. The first-order valence-corrected chi connectivity index (χ1v) is 13.7. The highest BCUT2D eigenvalue weighted by Crippen LogP contribution is 2.73. The molecule has 1 nitrogen and oxygen atoms in total. The van der Waals surface area contributed by atoms with Gasteiger partial charge in [0.1, 0.15) is 0 Å². The summed E-state index contributed by atoms with van der Waals surface area (Å²) >= 11 is 0. The second-order valence-electron chi connectivity index (χ2n) is 9.21. The van der Waals surface area contributed by atoms with Crippen molar-refractivity contribution in [2.45, 2.75) is 5.41 Å². The van der Waals surface area contributed by atoms with Gasteiger partial charge in [0.2, 0.25) is 0 Å². The van der Waals surface area contributed by atoms with Crippen molar-refractivity contribution in [2.75, 3.05) is 0 Å². The minimum absolute atomic E-state index is 0.550. The van der Waals surface area contributed by atoms with Gasteiger partial charge in [-0.05, 0) is 33.4 Å². The summed E-state index contributed by atoms with van der Waals surface area (Å²) in [6.07, 6.45) is 0. The molecule has 5 aromatic carbocycles. The first-order chi connectivity index (χ1) is 17.3. The maximum absolute atomic E-state index is 15.5. The molecule has 7 rings (SSSR count). The molecule has 5 aromatic rings. The van der Waals surface area contributed by atoms with Gasteiger partial charge in [-0.2, -0.15) is 0 Å². The Hall–Kier alpha value is -3.93. The van der Waals surface area contributed by atoms with Crippen LogP contribution in [0.5, 0.6) is 0 Å². The lowest BCUT2D eigenvalue weighted by molar-refractivity contribution is 0.593. The highest BCUT2D eigenvalue weighted by Gasteiger charge is 2.57. The van der Waals surface area contributed by atoms with Gasteiger partial charge >= 0.3 is 0 Å². The van der Waals surface area contributed by atoms with Crippen LogP contribution >= 0.6 is 7.14 Å². The predicted octanol–water partition coefficient (Wildman–Crippen LogP) is 7.23. The number of fused-ring (bicyclic) bond motifs is 4. The maximum atomic E-state index is 15.5. The summed E-state index contributed by atoms with van der Waals surface area (Å²) in [4.78, 5) is 0. The zero-order valence-corrected chi connectivity index (χ0v) is 20.0. The lowest BCUT2D eigenvalue weighted by Gasteiger charge is -2.35. The molecule has 0 saturated heterocycles. The van der Waals surface area contributed by atoms with E-state index in [9.17, 15) is 0 Å². The van der Waals surface area contributed by atoms with Crippen molar-refractivity contribution < 1.29 is 4.57 Å². The summed E-state index contributed by atoms with van der Waals surface area (Å²) in [5.74, 6) is 0. The van der Waals surface area contributed by atoms with E-state index in [1.807, 2.05) is 36.4 Å². The van der Waals surface area contributed by atoms with Gasteiger partial charge in [0.05, 0.1) is 5.41 Å². The third kappa shape index (κ3) is 2.57. The van der Waals surface area contributed by atoms with E-state index in [2.05, 4.69) is 103 Å². The molecule has 1 atom stereocenters. The van der Waals surface area contributed by atoms with Crippen LogP contribution in [0.2, 0.25) is 0 Å². The lowest BCUT2D eigenvalue weighted by Crippen LogP contribution is -2.30. The van der Waals surface area contributed by atoms with E-state index >= 15 is 4.57 Å². The maximum Gasteiger partial charge on any atom is 0.172 e. The largest absolute Gasteiger partial charge is 0.309 e. The van der Waals surface area contributed by atoms with Gasteiger partial charge in [-0.25, -0.2) is 0 Å². The van der Waals surface area contributed by atoms with Crippen molar-refractivity contribution in [3.05, 3.63) is 167 Å².